The maximum Gasteiger partial charge on any atom is 0.416 e. The van der Waals surface area contributed by atoms with E-state index in [0.29, 0.717) is 14.3 Å². The van der Waals surface area contributed by atoms with Crippen molar-refractivity contribution in [3.63, 3.8) is 0 Å². The first kappa shape index (κ1) is 26.5. The van der Waals surface area contributed by atoms with E-state index in [1.165, 1.54) is 42.6 Å². The summed E-state index contributed by atoms with van der Waals surface area (Å²) in [5.41, 5.74) is 4.18. The average Bonchev–Trinajstić information content (AvgIpc) is 3.41. The highest BCUT2D eigenvalue weighted by Gasteiger charge is 2.39. The number of hydrogen-bond donors (Lipinski definition) is 3. The van der Waals surface area contributed by atoms with Gasteiger partial charge in [0.15, 0.2) is 23.6 Å². The van der Waals surface area contributed by atoms with Crippen LogP contribution in [0.1, 0.15) is 26.8 Å². The second-order valence-corrected chi connectivity index (χ2v) is 8.18. The summed E-state index contributed by atoms with van der Waals surface area (Å²) in [5.74, 6) is -3.77. The van der Waals surface area contributed by atoms with Gasteiger partial charge >= 0.3 is 17.8 Å². The maximum atomic E-state index is 13.1. The maximum absolute atomic E-state index is 13.1. The zero-order valence-corrected chi connectivity index (χ0v) is 19.6. The second kappa shape index (κ2) is 10.1. The highest BCUT2D eigenvalue weighted by Crippen LogP contribution is 2.24. The van der Waals surface area contributed by atoms with Crippen LogP contribution in [0.5, 0.6) is 0 Å². The quantitative estimate of drug-likeness (QED) is 0.288. The van der Waals surface area contributed by atoms with Crippen molar-refractivity contribution in [2.45, 2.75) is 25.4 Å². The van der Waals surface area contributed by atoms with Crippen molar-refractivity contribution in [1.29, 1.82) is 0 Å². The molecule has 4 aromatic rings. The van der Waals surface area contributed by atoms with E-state index < -0.39 is 48.8 Å². The first-order valence-electron chi connectivity index (χ1n) is 10.5. The van der Waals surface area contributed by atoms with E-state index in [1.54, 1.807) is 0 Å². The van der Waals surface area contributed by atoms with Crippen LogP contribution in [0.2, 0.25) is 5.02 Å². The number of nitrogens with zero attached hydrogens (tertiary/aromatic N) is 7. The van der Waals surface area contributed by atoms with Gasteiger partial charge in [-0.15, -0.1) is 10.2 Å². The molecule has 4 N–H and O–H groups in total. The normalized spacial score (nSPS) is 12.4. The molecule has 1 aromatic carbocycles. The van der Waals surface area contributed by atoms with Gasteiger partial charge in [-0.05, 0) is 36.4 Å². The number of aromatic carboxylic acids is 1. The van der Waals surface area contributed by atoms with E-state index in [2.05, 4.69) is 20.2 Å². The molecule has 0 aliphatic carbocycles. The van der Waals surface area contributed by atoms with Gasteiger partial charge < -0.3 is 15.9 Å². The Kier molecular flexibility index (Phi) is 7.01. The number of carboxylic acids is 1. The predicted octanol–water partition coefficient (Wildman–Crippen LogP) is 1.11. The van der Waals surface area contributed by atoms with Gasteiger partial charge in [-0.25, -0.2) is 24.2 Å². The molecule has 0 saturated carbocycles. The van der Waals surface area contributed by atoms with Gasteiger partial charge in [0.05, 0.1) is 6.54 Å². The largest absolute Gasteiger partial charge is 0.478 e. The molecule has 0 saturated heterocycles. The number of carboxylic acid groups (broad SMARTS) is 1. The number of aromatic nitrogens is 7. The number of aliphatic hydroxyl groups excluding tert-OH is 1. The molecule has 0 aliphatic rings. The molecule has 1 amide bonds. The lowest BCUT2D eigenvalue weighted by Gasteiger charge is -2.15. The highest BCUT2D eigenvalue weighted by atomic mass is 35.5. The number of alkyl halides is 3. The number of hydrogen-bond acceptors (Lipinski definition) is 8. The summed E-state index contributed by atoms with van der Waals surface area (Å²) in [4.78, 5) is 44.5. The van der Waals surface area contributed by atoms with Crippen molar-refractivity contribution in [3.8, 4) is 17.2 Å². The fourth-order valence-electron chi connectivity index (χ4n) is 3.39. The average molecular weight is 553 g/mol. The molecule has 0 aliphatic heterocycles. The van der Waals surface area contributed by atoms with E-state index in [-0.39, 0.29) is 28.6 Å². The molecule has 4 rings (SSSR count). The number of primary amides is 1. The molecule has 3 heterocycles. The molecule has 38 heavy (non-hydrogen) atoms. The van der Waals surface area contributed by atoms with E-state index in [9.17, 15) is 37.8 Å². The Balaban J connectivity index is 1.80. The van der Waals surface area contributed by atoms with Gasteiger partial charge in [0, 0.05) is 16.8 Å². The van der Waals surface area contributed by atoms with Crippen molar-refractivity contribution in [3.05, 3.63) is 75.3 Å². The smallest absolute Gasteiger partial charge is 0.416 e. The monoisotopic (exact) mass is 552 g/mol. The van der Waals surface area contributed by atoms with Crippen LogP contribution < -0.4 is 11.4 Å². The van der Waals surface area contributed by atoms with Gasteiger partial charge in [-0.1, -0.05) is 11.6 Å². The standard InChI is InChI=1S/C21H16ClF3N8O5/c22-11-5-3-10(4-6-11)16-30-32(20(38)31(16)8-13(34)21(23,24)25)9-14-28-18(15(26)35)33(29-14)17-12(19(36)37)2-1-7-27-17/h1-7,13,34H,8-9H2,(H2,26,35)(H,36,37)/t13-/m0/s1. The van der Waals surface area contributed by atoms with Crippen LogP contribution in [-0.4, -0.2) is 68.5 Å². The summed E-state index contributed by atoms with van der Waals surface area (Å²) in [7, 11) is 0. The number of carbonyl (C=O) groups excluding carboxylic acids is 1. The molecule has 17 heteroatoms. The second-order valence-electron chi connectivity index (χ2n) is 7.75. The number of benzene rings is 1. The van der Waals surface area contributed by atoms with Gasteiger partial charge in [0.2, 0.25) is 5.82 Å². The van der Waals surface area contributed by atoms with Crippen molar-refractivity contribution in [1.82, 2.24) is 34.1 Å². The lowest BCUT2D eigenvalue weighted by atomic mass is 10.2. The molecule has 3 aromatic heterocycles. The molecule has 0 spiro atoms. The number of amides is 1. The minimum absolute atomic E-state index is 0.218. The molecule has 0 fully saturated rings. The van der Waals surface area contributed by atoms with E-state index in [4.69, 9.17) is 17.3 Å². The summed E-state index contributed by atoms with van der Waals surface area (Å²) in [6, 6.07) is 8.23. The molecule has 0 unspecified atom stereocenters. The Labute approximate surface area is 214 Å². The van der Waals surface area contributed by atoms with Crippen molar-refractivity contribution >= 4 is 23.5 Å². The zero-order chi connectivity index (χ0) is 27.8. The van der Waals surface area contributed by atoms with Gasteiger partial charge in [-0.3, -0.25) is 9.36 Å². The Morgan fingerprint density at radius 3 is 2.42 bits per heavy atom. The number of halogens is 4. The van der Waals surface area contributed by atoms with Crippen LogP contribution in [0, 0.1) is 0 Å². The first-order chi connectivity index (χ1) is 17.9. The number of rotatable bonds is 8. The minimum Gasteiger partial charge on any atom is -0.478 e. The van der Waals surface area contributed by atoms with Crippen molar-refractivity contribution in [2.75, 3.05) is 0 Å². The van der Waals surface area contributed by atoms with Crippen LogP contribution in [0.4, 0.5) is 13.2 Å². The summed E-state index contributed by atoms with van der Waals surface area (Å²) in [6.45, 7) is -1.72. The molecule has 0 bridgehead atoms. The lowest BCUT2D eigenvalue weighted by molar-refractivity contribution is -0.207. The van der Waals surface area contributed by atoms with Crippen LogP contribution in [0.15, 0.2) is 47.4 Å². The fraction of sp³-hybridized carbons (Fsp3) is 0.190. The number of carbonyl (C=O) groups is 2. The Hall–Kier alpha value is -4.57. The highest BCUT2D eigenvalue weighted by molar-refractivity contribution is 6.30. The van der Waals surface area contributed by atoms with Crippen LogP contribution >= 0.6 is 11.6 Å². The topological polar surface area (TPSA) is 184 Å². The minimum atomic E-state index is -5.01. The van der Waals surface area contributed by atoms with Crippen LogP contribution in [0.25, 0.3) is 17.2 Å². The van der Waals surface area contributed by atoms with E-state index >= 15 is 0 Å². The first-order valence-corrected chi connectivity index (χ1v) is 10.9. The van der Waals surface area contributed by atoms with Gasteiger partial charge in [0.25, 0.3) is 5.91 Å². The molecule has 198 valence electrons. The van der Waals surface area contributed by atoms with Crippen LogP contribution in [-0.2, 0) is 13.1 Å². The number of aliphatic hydroxyl groups is 1. The van der Waals surface area contributed by atoms with E-state index in [0.717, 1.165) is 4.68 Å². The molecule has 1 atom stereocenters. The van der Waals surface area contributed by atoms with Gasteiger partial charge in [0.1, 0.15) is 12.1 Å². The Bertz CT molecular complexity index is 1580. The summed E-state index contributed by atoms with van der Waals surface area (Å²) in [6.07, 6.45) is -6.65. The third-order valence-corrected chi connectivity index (χ3v) is 5.39. The zero-order valence-electron chi connectivity index (χ0n) is 18.9. The van der Waals surface area contributed by atoms with E-state index in [1.807, 2.05) is 0 Å². The fourth-order valence-corrected chi connectivity index (χ4v) is 3.52. The molecular formula is C21H16ClF3N8O5. The summed E-state index contributed by atoms with van der Waals surface area (Å²) in [5, 5.41) is 27.5. The van der Waals surface area contributed by atoms with Gasteiger partial charge in [-0.2, -0.15) is 17.9 Å². The third kappa shape index (κ3) is 5.25. The number of nitrogens with two attached hydrogens (primary N) is 1. The Morgan fingerprint density at radius 2 is 1.82 bits per heavy atom. The summed E-state index contributed by atoms with van der Waals surface area (Å²) < 4.78 is 41.3. The molecule has 0 radical (unpaired) electrons. The summed E-state index contributed by atoms with van der Waals surface area (Å²) >= 11 is 5.87. The number of pyridine rings is 1. The molecular weight excluding hydrogens is 537 g/mol. The Morgan fingerprint density at radius 1 is 1.13 bits per heavy atom. The molecule has 13 nitrogen and oxygen atoms in total. The SMILES string of the molecule is NC(=O)c1nc(Cn2nc(-c3ccc(Cl)cc3)n(C[C@H](O)C(F)(F)F)c2=O)nn1-c1ncccc1C(=O)O. The third-order valence-electron chi connectivity index (χ3n) is 5.14. The lowest BCUT2D eigenvalue weighted by Crippen LogP contribution is -2.37. The van der Waals surface area contributed by atoms with Crippen molar-refractivity contribution < 1.29 is 33.0 Å². The predicted molar refractivity (Wildman–Crippen MR) is 123 cm³/mol. The van der Waals surface area contributed by atoms with Crippen molar-refractivity contribution in [2.24, 2.45) is 5.73 Å². The van der Waals surface area contributed by atoms with Crippen LogP contribution in [0.3, 0.4) is 0 Å².